The Labute approximate surface area is 123 Å². The first-order chi connectivity index (χ1) is 10.1. The minimum atomic E-state index is -0.630. The minimum absolute atomic E-state index is 0.126. The van der Waals surface area contributed by atoms with Gasteiger partial charge in [0, 0.05) is 12.6 Å². The van der Waals surface area contributed by atoms with Crippen molar-refractivity contribution in [3.63, 3.8) is 0 Å². The molecular formula is C14H22N2O5. The van der Waals surface area contributed by atoms with Gasteiger partial charge >= 0.3 is 12.0 Å². The molecule has 1 atom stereocenters. The number of carbonyl (C=O) groups is 3. The van der Waals surface area contributed by atoms with Gasteiger partial charge < -0.3 is 14.8 Å². The molecule has 118 valence electrons. The third kappa shape index (κ3) is 5.34. The van der Waals surface area contributed by atoms with Gasteiger partial charge in [-0.15, -0.1) is 0 Å². The minimum Gasteiger partial charge on any atom is -0.454 e. The van der Waals surface area contributed by atoms with E-state index in [4.69, 9.17) is 9.47 Å². The molecular weight excluding hydrogens is 276 g/mol. The zero-order chi connectivity index (χ0) is 15.1. The van der Waals surface area contributed by atoms with Crippen molar-refractivity contribution in [2.75, 3.05) is 13.2 Å². The maximum atomic E-state index is 11.6. The van der Waals surface area contributed by atoms with Gasteiger partial charge in [0.05, 0.1) is 0 Å². The highest BCUT2D eigenvalue weighted by Crippen LogP contribution is 2.17. The molecule has 0 aromatic carbocycles. The summed E-state index contributed by atoms with van der Waals surface area (Å²) in [6.07, 6.45) is 6.12. The van der Waals surface area contributed by atoms with Crippen LogP contribution in [0.1, 0.15) is 44.9 Å². The van der Waals surface area contributed by atoms with Gasteiger partial charge in [0.15, 0.2) is 12.7 Å². The molecule has 0 aromatic rings. The van der Waals surface area contributed by atoms with Gasteiger partial charge in [-0.1, -0.05) is 19.3 Å². The lowest BCUT2D eigenvalue weighted by Crippen LogP contribution is -2.46. The van der Waals surface area contributed by atoms with Gasteiger partial charge in [0.2, 0.25) is 0 Å². The Kier molecular flexibility index (Phi) is 5.98. The lowest BCUT2D eigenvalue weighted by Gasteiger charge is -2.22. The van der Waals surface area contributed by atoms with E-state index in [9.17, 15) is 14.4 Å². The van der Waals surface area contributed by atoms with Crippen LogP contribution in [-0.2, 0) is 19.1 Å². The second-order valence-corrected chi connectivity index (χ2v) is 5.47. The van der Waals surface area contributed by atoms with E-state index in [0.717, 1.165) is 32.1 Å². The average Bonchev–Trinajstić information content (AvgIpc) is 3.00. The molecule has 2 N–H and O–H groups in total. The van der Waals surface area contributed by atoms with Gasteiger partial charge in [0.1, 0.15) is 0 Å². The molecule has 7 nitrogen and oxygen atoms in total. The molecule has 2 fully saturated rings. The molecule has 0 spiro atoms. The molecule has 7 heteroatoms. The number of rotatable bonds is 4. The lowest BCUT2D eigenvalue weighted by molar-refractivity contribution is -0.157. The Morgan fingerprint density at radius 2 is 1.81 bits per heavy atom. The maximum absolute atomic E-state index is 11.6. The van der Waals surface area contributed by atoms with Crippen LogP contribution in [-0.4, -0.2) is 43.3 Å². The number of esters is 1. The number of hydrogen-bond donors (Lipinski definition) is 2. The summed E-state index contributed by atoms with van der Waals surface area (Å²) in [6, 6.07) is -0.402. The second kappa shape index (κ2) is 7.97. The molecule has 2 rings (SSSR count). The zero-order valence-electron chi connectivity index (χ0n) is 12.1. The summed E-state index contributed by atoms with van der Waals surface area (Å²) in [5.74, 6) is -1.18. The van der Waals surface area contributed by atoms with Crippen LogP contribution in [0.3, 0.4) is 0 Å². The van der Waals surface area contributed by atoms with Crippen molar-refractivity contribution in [1.29, 1.82) is 0 Å². The van der Waals surface area contributed by atoms with Gasteiger partial charge in [-0.3, -0.25) is 10.1 Å². The number of amides is 3. The highest BCUT2D eigenvalue weighted by atomic mass is 16.6. The molecule has 21 heavy (non-hydrogen) atoms. The molecule has 1 aliphatic heterocycles. The summed E-state index contributed by atoms with van der Waals surface area (Å²) >= 11 is 0. The van der Waals surface area contributed by atoms with Crippen molar-refractivity contribution in [3.05, 3.63) is 0 Å². The number of urea groups is 1. The van der Waals surface area contributed by atoms with E-state index in [-0.39, 0.29) is 6.04 Å². The van der Waals surface area contributed by atoms with Gasteiger partial charge in [-0.2, -0.15) is 0 Å². The fraction of sp³-hybridized carbons (Fsp3) is 0.786. The molecule has 1 saturated heterocycles. The van der Waals surface area contributed by atoms with Crippen LogP contribution >= 0.6 is 0 Å². The smallest absolute Gasteiger partial charge is 0.335 e. The molecule has 3 amide bonds. The van der Waals surface area contributed by atoms with Crippen LogP contribution in [0.5, 0.6) is 0 Å². The molecule has 0 unspecified atom stereocenters. The third-order valence-electron chi connectivity index (χ3n) is 3.73. The van der Waals surface area contributed by atoms with Gasteiger partial charge in [-0.05, 0) is 25.7 Å². The summed E-state index contributed by atoms with van der Waals surface area (Å²) in [7, 11) is 0. The van der Waals surface area contributed by atoms with E-state index >= 15 is 0 Å². The monoisotopic (exact) mass is 298 g/mol. The average molecular weight is 298 g/mol. The van der Waals surface area contributed by atoms with E-state index in [1.54, 1.807) is 0 Å². The maximum Gasteiger partial charge on any atom is 0.335 e. The third-order valence-corrected chi connectivity index (χ3v) is 3.73. The van der Waals surface area contributed by atoms with Crippen LogP contribution < -0.4 is 10.6 Å². The molecule has 1 heterocycles. The summed E-state index contributed by atoms with van der Waals surface area (Å²) in [4.78, 5) is 34.7. The Hall–Kier alpha value is -1.63. The largest absolute Gasteiger partial charge is 0.454 e. The SMILES string of the molecule is O=C(COC(=O)[C@H]1CCCO1)NC(=O)NC1CCCCC1. The van der Waals surface area contributed by atoms with Crippen LogP contribution in [0.2, 0.25) is 0 Å². The fourth-order valence-corrected chi connectivity index (χ4v) is 2.62. The molecule has 0 radical (unpaired) electrons. The molecule has 2 aliphatic rings. The van der Waals surface area contributed by atoms with Crippen molar-refractivity contribution in [2.45, 2.75) is 57.1 Å². The summed E-state index contributed by atoms with van der Waals surface area (Å²) in [5.41, 5.74) is 0. The highest BCUT2D eigenvalue weighted by molar-refractivity contribution is 5.95. The van der Waals surface area contributed by atoms with Crippen LogP contribution in [0, 0.1) is 0 Å². The topological polar surface area (TPSA) is 93.7 Å². The van der Waals surface area contributed by atoms with Crippen molar-refractivity contribution in [3.8, 4) is 0 Å². The van der Waals surface area contributed by atoms with E-state index < -0.39 is 30.6 Å². The number of hydrogen-bond acceptors (Lipinski definition) is 5. The second-order valence-electron chi connectivity index (χ2n) is 5.47. The first kappa shape index (κ1) is 15.8. The number of carbonyl (C=O) groups excluding carboxylic acids is 3. The van der Waals surface area contributed by atoms with E-state index in [1.807, 2.05) is 0 Å². The van der Waals surface area contributed by atoms with E-state index in [2.05, 4.69) is 10.6 Å². The van der Waals surface area contributed by atoms with Crippen molar-refractivity contribution in [2.24, 2.45) is 0 Å². The molecule has 1 saturated carbocycles. The molecule has 0 bridgehead atoms. The molecule has 1 aliphatic carbocycles. The van der Waals surface area contributed by atoms with E-state index in [0.29, 0.717) is 13.0 Å². The van der Waals surface area contributed by atoms with Crippen LogP contribution in [0.25, 0.3) is 0 Å². The summed E-state index contributed by atoms with van der Waals surface area (Å²) in [6.45, 7) is 0.0759. The fourth-order valence-electron chi connectivity index (χ4n) is 2.62. The summed E-state index contributed by atoms with van der Waals surface area (Å²) < 4.78 is 9.97. The predicted octanol–water partition coefficient (Wildman–Crippen LogP) is 0.867. The molecule has 0 aromatic heterocycles. The van der Waals surface area contributed by atoms with E-state index in [1.165, 1.54) is 6.42 Å². The lowest BCUT2D eigenvalue weighted by atomic mass is 9.96. The zero-order valence-corrected chi connectivity index (χ0v) is 12.1. The van der Waals surface area contributed by atoms with Gasteiger partial charge in [0.25, 0.3) is 5.91 Å². The number of nitrogens with one attached hydrogen (secondary N) is 2. The Bertz CT molecular complexity index is 387. The van der Waals surface area contributed by atoms with Crippen molar-refractivity contribution in [1.82, 2.24) is 10.6 Å². The van der Waals surface area contributed by atoms with Crippen molar-refractivity contribution < 1.29 is 23.9 Å². The quantitative estimate of drug-likeness (QED) is 0.751. The van der Waals surface area contributed by atoms with Crippen LogP contribution in [0.15, 0.2) is 0 Å². The Morgan fingerprint density at radius 1 is 1.05 bits per heavy atom. The normalized spacial score (nSPS) is 22.6. The highest BCUT2D eigenvalue weighted by Gasteiger charge is 2.26. The predicted molar refractivity (Wildman–Crippen MR) is 73.5 cm³/mol. The standard InChI is InChI=1S/C14H22N2O5/c17-12(9-21-13(18)11-7-4-8-20-11)16-14(19)15-10-5-2-1-3-6-10/h10-11H,1-9H2,(H2,15,16,17,19)/t11-/m1/s1. The van der Waals surface area contributed by atoms with Crippen LogP contribution in [0.4, 0.5) is 4.79 Å². The first-order valence-corrected chi connectivity index (χ1v) is 7.54. The number of ether oxygens (including phenoxy) is 2. The Balaban J connectivity index is 1.61. The summed E-state index contributed by atoms with van der Waals surface area (Å²) in [5, 5.41) is 4.92. The number of imide groups is 1. The van der Waals surface area contributed by atoms with Gasteiger partial charge in [-0.25, -0.2) is 9.59 Å². The first-order valence-electron chi connectivity index (χ1n) is 7.54. The van der Waals surface area contributed by atoms with Crippen molar-refractivity contribution >= 4 is 17.9 Å². The Morgan fingerprint density at radius 3 is 2.48 bits per heavy atom.